The number of methoxy groups -OCH3 is 1. The third-order valence-electron chi connectivity index (χ3n) is 4.95. The van der Waals surface area contributed by atoms with E-state index in [4.69, 9.17) is 4.74 Å². The lowest BCUT2D eigenvalue weighted by Crippen LogP contribution is -2.55. The van der Waals surface area contributed by atoms with E-state index in [1.165, 1.54) is 29.4 Å². The normalized spacial score (nSPS) is 18.8. The second-order valence-electron chi connectivity index (χ2n) is 7.90. The summed E-state index contributed by atoms with van der Waals surface area (Å²) in [5.74, 6) is -0.457. The van der Waals surface area contributed by atoms with Crippen LogP contribution in [0.25, 0.3) is 0 Å². The molecule has 2 rings (SSSR count). The zero-order chi connectivity index (χ0) is 18.8. The predicted molar refractivity (Wildman–Crippen MR) is 98.5 cm³/mol. The zero-order valence-electron chi connectivity index (χ0n) is 16.2. The molecular formula is C20H30N2O3. The topological polar surface area (TPSA) is 58.6 Å². The molecule has 1 aliphatic rings. The summed E-state index contributed by atoms with van der Waals surface area (Å²) in [6, 6.07) is 4.01. The Hall–Kier alpha value is -1.88. The van der Waals surface area contributed by atoms with Gasteiger partial charge in [0.05, 0.1) is 13.5 Å². The standard InChI is InChI=1S/C20H30N2O3/c1-13-9-15(20(3,4)5)10-14(2)16(13)12-22-8-7-21-19(24)17(22)11-18(23)25-6/h9-10,17H,7-8,11-12H2,1-6H3,(H,21,24)/t17-/m0/s1. The number of hydrogen-bond acceptors (Lipinski definition) is 4. The van der Waals surface area contributed by atoms with E-state index in [1.54, 1.807) is 0 Å². The molecule has 25 heavy (non-hydrogen) atoms. The Morgan fingerprint density at radius 2 is 1.88 bits per heavy atom. The monoisotopic (exact) mass is 346 g/mol. The summed E-state index contributed by atoms with van der Waals surface area (Å²) < 4.78 is 4.75. The van der Waals surface area contributed by atoms with Gasteiger partial charge in [0.15, 0.2) is 0 Å². The Morgan fingerprint density at radius 3 is 2.40 bits per heavy atom. The number of benzene rings is 1. The minimum absolute atomic E-state index is 0.0838. The van der Waals surface area contributed by atoms with E-state index in [1.807, 2.05) is 0 Å². The van der Waals surface area contributed by atoms with Gasteiger partial charge in [-0.05, 0) is 41.5 Å². The molecule has 1 N–H and O–H groups in total. The molecule has 1 amide bonds. The van der Waals surface area contributed by atoms with Gasteiger partial charge in [-0.25, -0.2) is 0 Å². The van der Waals surface area contributed by atoms with Crippen LogP contribution in [0.2, 0.25) is 0 Å². The highest BCUT2D eigenvalue weighted by molar-refractivity contribution is 5.87. The van der Waals surface area contributed by atoms with Crippen molar-refractivity contribution in [1.82, 2.24) is 10.2 Å². The molecule has 5 nitrogen and oxygen atoms in total. The van der Waals surface area contributed by atoms with Crippen LogP contribution in [-0.4, -0.2) is 43.0 Å². The van der Waals surface area contributed by atoms with E-state index in [2.05, 4.69) is 57.0 Å². The van der Waals surface area contributed by atoms with Crippen molar-refractivity contribution in [2.24, 2.45) is 0 Å². The molecule has 1 heterocycles. The molecule has 1 aromatic carbocycles. The second-order valence-corrected chi connectivity index (χ2v) is 7.90. The smallest absolute Gasteiger partial charge is 0.307 e. The summed E-state index contributed by atoms with van der Waals surface area (Å²) in [6.45, 7) is 12.9. The van der Waals surface area contributed by atoms with Gasteiger partial charge in [-0.1, -0.05) is 32.9 Å². The van der Waals surface area contributed by atoms with Crippen molar-refractivity contribution in [1.29, 1.82) is 0 Å². The Kier molecular flexibility index (Phi) is 5.88. The first kappa shape index (κ1) is 19.4. The van der Waals surface area contributed by atoms with Crippen molar-refractivity contribution in [2.45, 2.75) is 59.0 Å². The van der Waals surface area contributed by atoms with Crippen LogP contribution < -0.4 is 5.32 Å². The van der Waals surface area contributed by atoms with E-state index >= 15 is 0 Å². The van der Waals surface area contributed by atoms with Gasteiger partial charge in [-0.15, -0.1) is 0 Å². The maximum Gasteiger partial charge on any atom is 0.307 e. The second kappa shape index (κ2) is 7.56. The molecule has 1 saturated heterocycles. The number of hydrogen-bond donors (Lipinski definition) is 1. The number of nitrogens with zero attached hydrogens (tertiary/aromatic N) is 1. The Labute approximate surface area is 150 Å². The number of carbonyl (C=O) groups excluding carboxylic acids is 2. The minimum Gasteiger partial charge on any atom is -0.469 e. The third-order valence-corrected chi connectivity index (χ3v) is 4.95. The van der Waals surface area contributed by atoms with Crippen LogP contribution in [0.5, 0.6) is 0 Å². The van der Waals surface area contributed by atoms with Crippen LogP contribution in [0.1, 0.15) is 49.4 Å². The quantitative estimate of drug-likeness (QED) is 0.851. The number of nitrogens with one attached hydrogen (secondary N) is 1. The summed E-state index contributed by atoms with van der Waals surface area (Å²) in [6.07, 6.45) is 0.0838. The number of ether oxygens (including phenoxy) is 1. The third kappa shape index (κ3) is 4.60. The van der Waals surface area contributed by atoms with Crippen molar-refractivity contribution in [2.75, 3.05) is 20.2 Å². The zero-order valence-corrected chi connectivity index (χ0v) is 16.2. The lowest BCUT2D eigenvalue weighted by Gasteiger charge is -2.35. The Balaban J connectivity index is 2.27. The van der Waals surface area contributed by atoms with Crippen molar-refractivity contribution >= 4 is 11.9 Å². The molecule has 138 valence electrons. The molecule has 5 heteroatoms. The minimum atomic E-state index is -0.470. The van der Waals surface area contributed by atoms with E-state index in [0.717, 1.165) is 6.54 Å². The maximum atomic E-state index is 12.2. The molecule has 1 atom stereocenters. The van der Waals surface area contributed by atoms with Crippen LogP contribution in [0.4, 0.5) is 0 Å². The van der Waals surface area contributed by atoms with Gasteiger partial charge >= 0.3 is 5.97 Å². The predicted octanol–water partition coefficient (Wildman–Crippen LogP) is 2.46. The number of amides is 1. The molecule has 0 saturated carbocycles. The Bertz CT molecular complexity index is 638. The average molecular weight is 346 g/mol. The summed E-state index contributed by atoms with van der Waals surface area (Å²) in [7, 11) is 1.35. The fourth-order valence-electron chi connectivity index (χ4n) is 3.29. The summed E-state index contributed by atoms with van der Waals surface area (Å²) in [5, 5.41) is 2.85. The van der Waals surface area contributed by atoms with Crippen LogP contribution in [-0.2, 0) is 26.3 Å². The van der Waals surface area contributed by atoms with E-state index in [0.29, 0.717) is 13.1 Å². The highest BCUT2D eigenvalue weighted by Crippen LogP contribution is 2.28. The first-order valence-corrected chi connectivity index (χ1v) is 8.82. The van der Waals surface area contributed by atoms with Gasteiger partial charge in [-0.2, -0.15) is 0 Å². The van der Waals surface area contributed by atoms with Gasteiger partial charge in [-0.3, -0.25) is 14.5 Å². The van der Waals surface area contributed by atoms with Crippen molar-refractivity contribution in [3.63, 3.8) is 0 Å². The summed E-state index contributed by atoms with van der Waals surface area (Å²) >= 11 is 0. The van der Waals surface area contributed by atoms with E-state index < -0.39 is 6.04 Å². The Morgan fingerprint density at radius 1 is 1.28 bits per heavy atom. The lowest BCUT2D eigenvalue weighted by molar-refractivity contribution is -0.146. The van der Waals surface area contributed by atoms with Crippen LogP contribution in [0.3, 0.4) is 0 Å². The molecule has 1 fully saturated rings. The molecule has 0 bridgehead atoms. The molecular weight excluding hydrogens is 316 g/mol. The van der Waals surface area contributed by atoms with Gasteiger partial charge in [0.25, 0.3) is 0 Å². The average Bonchev–Trinajstić information content (AvgIpc) is 2.52. The highest BCUT2D eigenvalue weighted by Gasteiger charge is 2.32. The summed E-state index contributed by atoms with van der Waals surface area (Å²) in [5.41, 5.74) is 5.11. The fraction of sp³-hybridized carbons (Fsp3) is 0.600. The number of carbonyl (C=O) groups is 2. The SMILES string of the molecule is COC(=O)C[C@H]1C(=O)NCCN1Cc1c(C)cc(C(C)(C)C)cc1C. The van der Waals surface area contributed by atoms with E-state index in [-0.39, 0.29) is 23.7 Å². The van der Waals surface area contributed by atoms with Gasteiger partial charge in [0, 0.05) is 19.6 Å². The molecule has 0 aliphatic carbocycles. The molecule has 1 aliphatic heterocycles. The van der Waals surface area contributed by atoms with Gasteiger partial charge < -0.3 is 10.1 Å². The number of rotatable bonds is 4. The first-order chi connectivity index (χ1) is 11.6. The van der Waals surface area contributed by atoms with Crippen LogP contribution in [0.15, 0.2) is 12.1 Å². The molecule has 1 aromatic rings. The van der Waals surface area contributed by atoms with Crippen LogP contribution in [0, 0.1) is 13.8 Å². The highest BCUT2D eigenvalue weighted by atomic mass is 16.5. The number of aryl methyl sites for hydroxylation is 2. The van der Waals surface area contributed by atoms with Gasteiger partial charge in [0.2, 0.25) is 5.91 Å². The van der Waals surface area contributed by atoms with Crippen molar-refractivity contribution in [3.8, 4) is 0 Å². The lowest BCUT2D eigenvalue weighted by atomic mass is 9.83. The first-order valence-electron chi connectivity index (χ1n) is 8.82. The number of esters is 1. The molecule has 0 spiro atoms. The largest absolute Gasteiger partial charge is 0.469 e. The van der Waals surface area contributed by atoms with Crippen molar-refractivity contribution < 1.29 is 14.3 Å². The molecule has 0 unspecified atom stereocenters. The molecule has 0 radical (unpaired) electrons. The van der Waals surface area contributed by atoms with Gasteiger partial charge in [0.1, 0.15) is 6.04 Å². The fourth-order valence-corrected chi connectivity index (χ4v) is 3.29. The van der Waals surface area contributed by atoms with Crippen molar-refractivity contribution in [3.05, 3.63) is 34.4 Å². The summed E-state index contributed by atoms with van der Waals surface area (Å²) in [4.78, 5) is 26.0. The maximum absolute atomic E-state index is 12.2. The van der Waals surface area contributed by atoms with E-state index in [9.17, 15) is 9.59 Å². The van der Waals surface area contributed by atoms with Crippen LogP contribution >= 0.6 is 0 Å². The molecule has 0 aromatic heterocycles. The number of piperazine rings is 1.